The van der Waals surface area contributed by atoms with Crippen molar-refractivity contribution in [3.8, 4) is 0 Å². The van der Waals surface area contributed by atoms with E-state index in [2.05, 4.69) is 51.7 Å². The molecule has 2 N–H and O–H groups in total. The molecule has 2 rings (SSSR count). The van der Waals surface area contributed by atoms with Crippen LogP contribution >= 0.6 is 24.0 Å². The molecule has 0 saturated carbocycles. The van der Waals surface area contributed by atoms with Gasteiger partial charge in [0.05, 0.1) is 6.04 Å². The fraction of sp³-hybridized carbons (Fsp3) is 0.600. The lowest BCUT2D eigenvalue weighted by Crippen LogP contribution is -2.44. The number of carbonyl (C=O) groups is 1. The predicted molar refractivity (Wildman–Crippen MR) is 121 cm³/mol. The van der Waals surface area contributed by atoms with E-state index in [-0.39, 0.29) is 36.1 Å². The van der Waals surface area contributed by atoms with Gasteiger partial charge in [0.15, 0.2) is 5.96 Å². The van der Waals surface area contributed by atoms with E-state index in [0.717, 1.165) is 32.0 Å². The normalized spacial score (nSPS) is 18.5. The third kappa shape index (κ3) is 7.94. The first kappa shape index (κ1) is 23.5. The van der Waals surface area contributed by atoms with Gasteiger partial charge in [-0.3, -0.25) is 4.99 Å². The third-order valence-electron chi connectivity index (χ3n) is 4.36. The molecule has 152 valence electrons. The van der Waals surface area contributed by atoms with Gasteiger partial charge in [-0.1, -0.05) is 37.3 Å². The van der Waals surface area contributed by atoms with Gasteiger partial charge in [-0.05, 0) is 38.7 Å². The Balaban J connectivity index is 0.00000364. The lowest BCUT2D eigenvalue weighted by Gasteiger charge is -2.24. The Bertz CT molecular complexity index is 616. The highest BCUT2D eigenvalue weighted by molar-refractivity contribution is 14.0. The molecule has 27 heavy (non-hydrogen) atoms. The number of alkyl carbamates (subject to hydrolysis) is 1. The van der Waals surface area contributed by atoms with E-state index in [1.54, 1.807) is 7.05 Å². The molecule has 6 nitrogen and oxygen atoms in total. The van der Waals surface area contributed by atoms with Crippen molar-refractivity contribution in [2.45, 2.75) is 51.7 Å². The molecule has 2 atom stereocenters. The van der Waals surface area contributed by atoms with Gasteiger partial charge in [0.25, 0.3) is 0 Å². The second kappa shape index (κ2) is 10.7. The van der Waals surface area contributed by atoms with Gasteiger partial charge in [-0.15, -0.1) is 24.0 Å². The summed E-state index contributed by atoms with van der Waals surface area (Å²) in [6.07, 6.45) is 0.527. The van der Waals surface area contributed by atoms with Crippen molar-refractivity contribution in [1.82, 2.24) is 15.5 Å². The maximum absolute atomic E-state index is 11.9. The minimum absolute atomic E-state index is 0. The summed E-state index contributed by atoms with van der Waals surface area (Å²) < 4.78 is 5.34. The summed E-state index contributed by atoms with van der Waals surface area (Å²) in [7, 11) is 1.80. The van der Waals surface area contributed by atoms with E-state index in [0.29, 0.717) is 5.92 Å². The number of hydrogen-bond donors (Lipinski definition) is 2. The largest absolute Gasteiger partial charge is 0.444 e. The number of aliphatic imine (C=N–C) groups is 1. The molecule has 0 aliphatic carbocycles. The van der Waals surface area contributed by atoms with E-state index < -0.39 is 5.60 Å². The highest BCUT2D eigenvalue weighted by atomic mass is 127. The number of carbonyl (C=O) groups excluding carboxylic acids is 1. The van der Waals surface area contributed by atoms with Gasteiger partial charge in [0.1, 0.15) is 5.60 Å². The summed E-state index contributed by atoms with van der Waals surface area (Å²) in [4.78, 5) is 18.5. The second-order valence-electron chi connectivity index (χ2n) is 7.82. The minimum Gasteiger partial charge on any atom is -0.444 e. The van der Waals surface area contributed by atoms with Crippen LogP contribution in [0, 0.1) is 0 Å². The summed E-state index contributed by atoms with van der Waals surface area (Å²) >= 11 is 0. The number of ether oxygens (including phenoxy) is 1. The van der Waals surface area contributed by atoms with Crippen molar-refractivity contribution < 1.29 is 9.53 Å². The highest BCUT2D eigenvalue weighted by Gasteiger charge is 2.27. The van der Waals surface area contributed by atoms with Crippen LogP contribution in [-0.4, -0.2) is 55.3 Å². The number of guanidine groups is 1. The zero-order valence-corrected chi connectivity index (χ0v) is 19.3. The molecular formula is C20H33IN4O2. The van der Waals surface area contributed by atoms with Crippen LogP contribution in [0.5, 0.6) is 0 Å². The topological polar surface area (TPSA) is 66.0 Å². The molecule has 1 aromatic carbocycles. The summed E-state index contributed by atoms with van der Waals surface area (Å²) in [6, 6.07) is 10.5. The lowest BCUT2D eigenvalue weighted by atomic mass is 10.0. The van der Waals surface area contributed by atoms with Crippen molar-refractivity contribution in [3.63, 3.8) is 0 Å². The number of benzene rings is 1. The standard InChI is InChI=1S/C20H32N4O2.HI/c1-15(16-9-7-6-8-10-16)13-22-18(21-5)24-12-11-17(14-24)23-19(25)26-20(2,3)4;/h6-10,15,17H,11-14H2,1-5H3,(H,21,22)(H,23,25);1H/t15?,17-;/m1./s1. The van der Waals surface area contributed by atoms with Crippen molar-refractivity contribution in [3.05, 3.63) is 35.9 Å². The molecule has 1 amide bonds. The Hall–Kier alpha value is -1.51. The van der Waals surface area contributed by atoms with E-state index in [1.807, 2.05) is 26.8 Å². The maximum atomic E-state index is 11.9. The molecule has 0 aromatic heterocycles. The number of amides is 1. The molecular weight excluding hydrogens is 455 g/mol. The Morgan fingerprint density at radius 3 is 2.59 bits per heavy atom. The van der Waals surface area contributed by atoms with Crippen molar-refractivity contribution in [1.29, 1.82) is 0 Å². The molecule has 1 aliphatic heterocycles. The fourth-order valence-corrected chi connectivity index (χ4v) is 3.02. The van der Waals surface area contributed by atoms with Crippen LogP contribution in [0.25, 0.3) is 0 Å². The molecule has 1 heterocycles. The van der Waals surface area contributed by atoms with E-state index in [1.165, 1.54) is 5.56 Å². The van der Waals surface area contributed by atoms with Crippen LogP contribution in [0.1, 0.15) is 45.6 Å². The van der Waals surface area contributed by atoms with Crippen LogP contribution < -0.4 is 10.6 Å². The average molecular weight is 488 g/mol. The average Bonchev–Trinajstić information content (AvgIpc) is 3.02. The fourth-order valence-electron chi connectivity index (χ4n) is 3.02. The van der Waals surface area contributed by atoms with Crippen LogP contribution in [0.4, 0.5) is 4.79 Å². The Kier molecular flexibility index (Phi) is 9.35. The van der Waals surface area contributed by atoms with Crippen molar-refractivity contribution >= 4 is 36.0 Å². The summed E-state index contributed by atoms with van der Waals surface area (Å²) in [6.45, 7) is 10.2. The molecule has 0 bridgehead atoms. The summed E-state index contributed by atoms with van der Waals surface area (Å²) in [5.74, 6) is 1.27. The molecule has 1 fully saturated rings. The number of hydrogen-bond acceptors (Lipinski definition) is 3. The van der Waals surface area contributed by atoms with Gasteiger partial charge in [-0.2, -0.15) is 0 Å². The molecule has 1 saturated heterocycles. The number of rotatable bonds is 4. The molecule has 1 aromatic rings. The van der Waals surface area contributed by atoms with E-state index in [9.17, 15) is 4.79 Å². The summed E-state index contributed by atoms with van der Waals surface area (Å²) in [5, 5.41) is 6.40. The smallest absolute Gasteiger partial charge is 0.407 e. The monoisotopic (exact) mass is 488 g/mol. The number of halogens is 1. The first-order chi connectivity index (χ1) is 12.3. The van der Waals surface area contributed by atoms with Gasteiger partial charge >= 0.3 is 6.09 Å². The molecule has 0 radical (unpaired) electrons. The molecule has 0 spiro atoms. The first-order valence-electron chi connectivity index (χ1n) is 9.28. The van der Waals surface area contributed by atoms with Crippen LogP contribution in [0.3, 0.4) is 0 Å². The zero-order valence-electron chi connectivity index (χ0n) is 17.0. The Morgan fingerprint density at radius 1 is 1.33 bits per heavy atom. The van der Waals surface area contributed by atoms with Gasteiger partial charge in [0.2, 0.25) is 0 Å². The summed E-state index contributed by atoms with van der Waals surface area (Å²) in [5.41, 5.74) is 0.828. The lowest BCUT2D eigenvalue weighted by molar-refractivity contribution is 0.0507. The first-order valence-corrected chi connectivity index (χ1v) is 9.28. The van der Waals surface area contributed by atoms with Gasteiger partial charge < -0.3 is 20.3 Å². The molecule has 1 aliphatic rings. The van der Waals surface area contributed by atoms with Gasteiger partial charge in [0, 0.05) is 26.7 Å². The highest BCUT2D eigenvalue weighted by Crippen LogP contribution is 2.15. The quantitative estimate of drug-likeness (QED) is 0.387. The zero-order chi connectivity index (χ0) is 19.2. The van der Waals surface area contributed by atoms with Crippen molar-refractivity contribution in [2.75, 3.05) is 26.7 Å². The molecule has 1 unspecified atom stereocenters. The van der Waals surface area contributed by atoms with E-state index in [4.69, 9.17) is 4.74 Å². The molecule has 7 heteroatoms. The van der Waals surface area contributed by atoms with Crippen LogP contribution in [-0.2, 0) is 4.74 Å². The number of nitrogens with one attached hydrogen (secondary N) is 2. The SMILES string of the molecule is CN=C(NCC(C)c1ccccc1)N1CC[C@@H](NC(=O)OC(C)(C)C)C1.I. The Morgan fingerprint density at radius 2 is 2.00 bits per heavy atom. The number of nitrogens with zero attached hydrogens (tertiary/aromatic N) is 2. The van der Waals surface area contributed by atoms with E-state index >= 15 is 0 Å². The maximum Gasteiger partial charge on any atom is 0.407 e. The number of likely N-dealkylation sites (tertiary alicyclic amines) is 1. The van der Waals surface area contributed by atoms with Gasteiger partial charge in [-0.25, -0.2) is 4.79 Å². The Labute approximate surface area is 180 Å². The van der Waals surface area contributed by atoms with Crippen LogP contribution in [0.15, 0.2) is 35.3 Å². The predicted octanol–water partition coefficient (Wildman–Crippen LogP) is 3.58. The van der Waals surface area contributed by atoms with Crippen LogP contribution in [0.2, 0.25) is 0 Å². The second-order valence-corrected chi connectivity index (χ2v) is 7.82. The van der Waals surface area contributed by atoms with Crippen molar-refractivity contribution in [2.24, 2.45) is 4.99 Å². The minimum atomic E-state index is -0.479. The third-order valence-corrected chi connectivity index (χ3v) is 4.36.